The monoisotopic (exact) mass is 277 g/mol. The lowest BCUT2D eigenvalue weighted by Crippen LogP contribution is -2.28. The third kappa shape index (κ3) is 2.50. The number of benzene rings is 2. The van der Waals surface area contributed by atoms with Crippen molar-refractivity contribution < 1.29 is 9.59 Å². The highest BCUT2D eigenvalue weighted by Crippen LogP contribution is 2.22. The lowest BCUT2D eigenvalue weighted by Gasteiger charge is -2.21. The molecule has 0 radical (unpaired) electrons. The van der Waals surface area contributed by atoms with E-state index in [9.17, 15) is 9.59 Å². The number of carbonyl (C=O) groups excluding carboxylic acids is 2. The molecule has 3 rings (SSSR count). The summed E-state index contributed by atoms with van der Waals surface area (Å²) in [5.74, 6) is -0.263. The van der Waals surface area contributed by atoms with Crippen LogP contribution in [0.3, 0.4) is 0 Å². The van der Waals surface area contributed by atoms with Gasteiger partial charge in [-0.15, -0.1) is 0 Å². The van der Waals surface area contributed by atoms with Crippen LogP contribution < -0.4 is 5.32 Å². The van der Waals surface area contributed by atoms with E-state index in [0.717, 1.165) is 5.56 Å². The summed E-state index contributed by atoms with van der Waals surface area (Å²) < 4.78 is 0. The first-order valence-corrected chi connectivity index (χ1v) is 6.88. The molecule has 1 aliphatic carbocycles. The number of rotatable bonds is 3. The Hall–Kier alpha value is -2.68. The van der Waals surface area contributed by atoms with E-state index in [2.05, 4.69) is 5.32 Å². The lowest BCUT2D eigenvalue weighted by atomic mass is 9.92. The van der Waals surface area contributed by atoms with E-state index in [1.165, 1.54) is 6.08 Å². The molecule has 0 aliphatic heterocycles. The minimum atomic E-state index is -0.132. The molecule has 0 bridgehead atoms. The highest BCUT2D eigenvalue weighted by atomic mass is 16.1. The van der Waals surface area contributed by atoms with Crippen molar-refractivity contribution in [2.45, 2.75) is 13.0 Å². The standard InChI is InChI=1S/C18H15NO2/c1-12(13-7-3-2-4-8-13)19-16-11-17(20)14-9-5-6-10-15(14)18(16)21/h2-12,19H,1H3. The van der Waals surface area contributed by atoms with E-state index in [-0.39, 0.29) is 17.6 Å². The molecule has 1 atom stereocenters. The summed E-state index contributed by atoms with van der Waals surface area (Å²) in [6, 6.07) is 16.7. The summed E-state index contributed by atoms with van der Waals surface area (Å²) in [5.41, 5.74) is 2.36. The van der Waals surface area contributed by atoms with Crippen LogP contribution in [0.5, 0.6) is 0 Å². The number of fused-ring (bicyclic) bond motifs is 1. The highest BCUT2D eigenvalue weighted by molar-refractivity contribution is 6.24. The topological polar surface area (TPSA) is 46.2 Å². The first-order valence-electron chi connectivity index (χ1n) is 6.88. The Morgan fingerprint density at radius 2 is 1.48 bits per heavy atom. The maximum Gasteiger partial charge on any atom is 0.209 e. The zero-order valence-corrected chi connectivity index (χ0v) is 11.7. The maximum atomic E-state index is 12.4. The van der Waals surface area contributed by atoms with Gasteiger partial charge >= 0.3 is 0 Å². The van der Waals surface area contributed by atoms with Crippen LogP contribution in [0.2, 0.25) is 0 Å². The molecular weight excluding hydrogens is 262 g/mol. The van der Waals surface area contributed by atoms with Crippen LogP contribution in [0.1, 0.15) is 39.2 Å². The molecule has 2 aromatic rings. The number of allylic oxidation sites excluding steroid dienone is 2. The zero-order valence-electron chi connectivity index (χ0n) is 11.7. The predicted octanol–water partition coefficient (Wildman–Crippen LogP) is 3.30. The molecule has 0 saturated heterocycles. The Bertz CT molecular complexity index is 732. The maximum absolute atomic E-state index is 12.4. The molecule has 1 aliphatic rings. The van der Waals surface area contributed by atoms with Gasteiger partial charge in [-0.25, -0.2) is 0 Å². The van der Waals surface area contributed by atoms with E-state index in [4.69, 9.17) is 0 Å². The van der Waals surface area contributed by atoms with Crippen molar-refractivity contribution in [2.75, 3.05) is 0 Å². The molecule has 0 aromatic heterocycles. The molecule has 21 heavy (non-hydrogen) atoms. The SMILES string of the molecule is CC(NC1=CC(=O)c2ccccc2C1=O)c1ccccc1. The van der Waals surface area contributed by atoms with Crippen molar-refractivity contribution in [3.8, 4) is 0 Å². The summed E-state index contributed by atoms with van der Waals surface area (Å²) in [7, 11) is 0. The van der Waals surface area contributed by atoms with Crippen molar-refractivity contribution in [3.63, 3.8) is 0 Å². The average Bonchev–Trinajstić information content (AvgIpc) is 2.53. The number of Topliss-reactive ketones (excluding diaryl/α,β-unsaturated/α-hetero) is 1. The third-order valence-corrected chi connectivity index (χ3v) is 3.63. The van der Waals surface area contributed by atoms with Crippen molar-refractivity contribution in [3.05, 3.63) is 83.1 Å². The fourth-order valence-corrected chi connectivity index (χ4v) is 2.48. The van der Waals surface area contributed by atoms with Crippen LogP contribution in [0.4, 0.5) is 0 Å². The number of carbonyl (C=O) groups is 2. The van der Waals surface area contributed by atoms with Gasteiger partial charge in [0.25, 0.3) is 0 Å². The van der Waals surface area contributed by atoms with Gasteiger partial charge in [0.2, 0.25) is 5.78 Å². The van der Waals surface area contributed by atoms with E-state index in [1.54, 1.807) is 24.3 Å². The molecule has 3 heteroatoms. The van der Waals surface area contributed by atoms with Gasteiger partial charge in [0.05, 0.1) is 5.70 Å². The summed E-state index contributed by atoms with van der Waals surface area (Å²) >= 11 is 0. The van der Waals surface area contributed by atoms with Crippen LogP contribution in [-0.2, 0) is 0 Å². The Labute approximate surface area is 123 Å². The summed E-state index contributed by atoms with van der Waals surface area (Å²) in [5, 5.41) is 3.15. The van der Waals surface area contributed by atoms with Gasteiger partial charge in [0.15, 0.2) is 5.78 Å². The molecule has 1 unspecified atom stereocenters. The van der Waals surface area contributed by atoms with Crippen LogP contribution >= 0.6 is 0 Å². The second kappa shape index (κ2) is 5.37. The Balaban J connectivity index is 1.88. The minimum Gasteiger partial charge on any atom is -0.375 e. The van der Waals surface area contributed by atoms with Crippen molar-refractivity contribution in [1.82, 2.24) is 5.32 Å². The Morgan fingerprint density at radius 1 is 0.857 bits per heavy atom. The van der Waals surface area contributed by atoms with Gasteiger partial charge in [0, 0.05) is 23.2 Å². The van der Waals surface area contributed by atoms with Gasteiger partial charge in [-0.3, -0.25) is 9.59 Å². The van der Waals surface area contributed by atoms with Crippen LogP contribution in [0, 0.1) is 0 Å². The molecule has 0 amide bonds. The fraction of sp³-hybridized carbons (Fsp3) is 0.111. The minimum absolute atomic E-state index is 0.0422. The van der Waals surface area contributed by atoms with Gasteiger partial charge in [-0.2, -0.15) is 0 Å². The van der Waals surface area contributed by atoms with E-state index in [1.807, 2.05) is 37.3 Å². The second-order valence-electron chi connectivity index (χ2n) is 5.07. The van der Waals surface area contributed by atoms with E-state index in [0.29, 0.717) is 16.8 Å². The highest BCUT2D eigenvalue weighted by Gasteiger charge is 2.25. The van der Waals surface area contributed by atoms with Gasteiger partial charge in [0.1, 0.15) is 0 Å². The molecule has 2 aromatic carbocycles. The molecule has 0 spiro atoms. The Morgan fingerprint density at radius 3 is 2.19 bits per heavy atom. The van der Waals surface area contributed by atoms with Gasteiger partial charge in [-0.05, 0) is 12.5 Å². The van der Waals surface area contributed by atoms with Crippen molar-refractivity contribution in [2.24, 2.45) is 0 Å². The molecule has 3 nitrogen and oxygen atoms in total. The molecule has 0 saturated carbocycles. The van der Waals surface area contributed by atoms with Gasteiger partial charge in [-0.1, -0.05) is 54.6 Å². The molecule has 0 heterocycles. The van der Waals surface area contributed by atoms with Gasteiger partial charge < -0.3 is 5.32 Å². The first-order chi connectivity index (χ1) is 10.2. The zero-order chi connectivity index (χ0) is 14.8. The summed E-state index contributed by atoms with van der Waals surface area (Å²) in [6.45, 7) is 1.97. The molecule has 1 N–H and O–H groups in total. The number of ketones is 2. The van der Waals surface area contributed by atoms with Crippen LogP contribution in [-0.4, -0.2) is 11.6 Å². The summed E-state index contributed by atoms with van der Waals surface area (Å²) in [4.78, 5) is 24.5. The van der Waals surface area contributed by atoms with Crippen molar-refractivity contribution in [1.29, 1.82) is 0 Å². The Kier molecular flexibility index (Phi) is 3.40. The molecule has 0 fully saturated rings. The first kappa shape index (κ1) is 13.3. The van der Waals surface area contributed by atoms with Crippen molar-refractivity contribution >= 4 is 11.6 Å². The number of hydrogen-bond donors (Lipinski definition) is 1. The third-order valence-electron chi connectivity index (χ3n) is 3.63. The fourth-order valence-electron chi connectivity index (χ4n) is 2.48. The summed E-state index contributed by atoms with van der Waals surface area (Å²) in [6.07, 6.45) is 1.39. The smallest absolute Gasteiger partial charge is 0.209 e. The quantitative estimate of drug-likeness (QED) is 0.936. The van der Waals surface area contributed by atoms with E-state index >= 15 is 0 Å². The van der Waals surface area contributed by atoms with E-state index < -0.39 is 0 Å². The second-order valence-corrected chi connectivity index (χ2v) is 5.07. The molecule has 104 valence electrons. The normalized spacial score (nSPS) is 15.2. The number of nitrogens with one attached hydrogen (secondary N) is 1. The average molecular weight is 277 g/mol. The number of hydrogen-bond acceptors (Lipinski definition) is 3. The molecular formula is C18H15NO2. The predicted molar refractivity (Wildman–Crippen MR) is 81.2 cm³/mol. The van der Waals surface area contributed by atoms with Crippen LogP contribution in [0.15, 0.2) is 66.4 Å². The van der Waals surface area contributed by atoms with Crippen LogP contribution in [0.25, 0.3) is 0 Å². The largest absolute Gasteiger partial charge is 0.375 e. The lowest BCUT2D eigenvalue weighted by molar-refractivity contribution is 0.0976.